The molecular formula is C28H32N6O8S. The molecule has 14 nitrogen and oxygen atoms in total. The summed E-state index contributed by atoms with van der Waals surface area (Å²) in [6.45, 7) is 6.09. The molecule has 6 rings (SSSR count). The number of rotatable bonds is 10. The van der Waals surface area contributed by atoms with Crippen LogP contribution in [0.4, 0.5) is 11.7 Å². The number of nitro groups is 1. The highest BCUT2D eigenvalue weighted by molar-refractivity contribution is 8.03. The summed E-state index contributed by atoms with van der Waals surface area (Å²) in [5.41, 5.74) is 0.901. The summed E-state index contributed by atoms with van der Waals surface area (Å²) in [4.78, 5) is 57.8. The SMILES string of the molecule is C[C@@H](O)[C@H]1C(=O)N2C(C(=O)OCc3ccc([N+](=O)[O-])cc3)=C(SC3CN(c4nc(C(=O)N[C@@H]5CCNC5)co4)C3)[C@H](C)[C@H]12. The Balaban J connectivity index is 1.12. The first-order chi connectivity index (χ1) is 20.6. The second-order valence-corrected chi connectivity index (χ2v) is 12.6. The zero-order chi connectivity index (χ0) is 30.4. The minimum absolute atomic E-state index is 0.0578. The second-order valence-electron chi connectivity index (χ2n) is 11.3. The van der Waals surface area contributed by atoms with Gasteiger partial charge >= 0.3 is 5.97 Å². The number of aliphatic hydroxyl groups is 1. The molecule has 2 amide bonds. The number of esters is 1. The number of carbonyl (C=O) groups excluding carboxylic acids is 3. The summed E-state index contributed by atoms with van der Waals surface area (Å²) in [7, 11) is 0. The van der Waals surface area contributed by atoms with E-state index in [0.717, 1.165) is 24.4 Å². The number of hydrogen-bond acceptors (Lipinski definition) is 12. The summed E-state index contributed by atoms with van der Waals surface area (Å²) in [6.07, 6.45) is 1.35. The third-order valence-electron chi connectivity index (χ3n) is 8.35. The van der Waals surface area contributed by atoms with Crippen LogP contribution in [-0.4, -0.2) is 87.3 Å². The third-order valence-corrected chi connectivity index (χ3v) is 9.80. The van der Waals surface area contributed by atoms with Crippen LogP contribution in [0.1, 0.15) is 36.3 Å². The number of non-ortho nitro benzene ring substituents is 1. The maximum atomic E-state index is 13.4. The fourth-order valence-corrected chi connectivity index (χ4v) is 7.52. The Labute approximate surface area is 251 Å². The van der Waals surface area contributed by atoms with Gasteiger partial charge in [-0.1, -0.05) is 6.92 Å². The van der Waals surface area contributed by atoms with Gasteiger partial charge in [0.2, 0.25) is 5.91 Å². The van der Waals surface area contributed by atoms with E-state index in [1.807, 2.05) is 11.8 Å². The molecule has 0 unspecified atom stereocenters. The van der Waals surface area contributed by atoms with Crippen molar-refractivity contribution in [3.63, 3.8) is 0 Å². The minimum Gasteiger partial charge on any atom is -0.456 e. The van der Waals surface area contributed by atoms with Crippen molar-refractivity contribution >= 4 is 41.2 Å². The molecule has 0 bridgehead atoms. The first-order valence-electron chi connectivity index (χ1n) is 14.2. The highest BCUT2D eigenvalue weighted by Gasteiger charge is 2.60. The van der Waals surface area contributed by atoms with Crippen LogP contribution in [0.15, 0.2) is 45.5 Å². The fourth-order valence-electron chi connectivity index (χ4n) is 6.00. The standard InChI is InChI=1S/C28H32N6O8S/c1-14-22-21(15(2)35)26(37)33(22)23(27(38)41-12-16-3-5-18(6-4-16)34(39)40)24(14)43-19-10-32(11-19)28-31-20(13-42-28)25(36)30-17-7-8-29-9-17/h3-6,13-15,17,19,21-22,29,35H,7-12H2,1-2H3,(H,30,36)/t14-,15-,17-,21-,22-/m1/s1. The molecule has 1 aromatic heterocycles. The molecule has 3 saturated heterocycles. The number of carbonyl (C=O) groups is 3. The van der Waals surface area contributed by atoms with E-state index in [2.05, 4.69) is 15.6 Å². The number of β-lactam (4-membered cyclic amide) rings is 1. The van der Waals surface area contributed by atoms with Crippen LogP contribution in [0.3, 0.4) is 0 Å². The van der Waals surface area contributed by atoms with Crippen molar-refractivity contribution in [3.8, 4) is 0 Å². The first-order valence-corrected chi connectivity index (χ1v) is 15.0. The van der Waals surface area contributed by atoms with Gasteiger partial charge in [0.25, 0.3) is 17.6 Å². The van der Waals surface area contributed by atoms with Crippen LogP contribution in [0.5, 0.6) is 0 Å². The van der Waals surface area contributed by atoms with Crippen LogP contribution in [0, 0.1) is 22.0 Å². The highest BCUT2D eigenvalue weighted by Crippen LogP contribution is 2.52. The van der Waals surface area contributed by atoms with E-state index in [1.54, 1.807) is 6.92 Å². The molecular weight excluding hydrogens is 580 g/mol. The smallest absolute Gasteiger partial charge is 0.356 e. The lowest BCUT2D eigenvalue weighted by Gasteiger charge is -2.46. The van der Waals surface area contributed by atoms with Crippen molar-refractivity contribution in [1.29, 1.82) is 0 Å². The molecule has 4 aliphatic rings. The van der Waals surface area contributed by atoms with Crippen LogP contribution in [0.2, 0.25) is 0 Å². The van der Waals surface area contributed by atoms with Crippen LogP contribution >= 0.6 is 11.8 Å². The number of aromatic nitrogens is 1. The summed E-state index contributed by atoms with van der Waals surface area (Å²) in [6, 6.07) is 5.76. The maximum absolute atomic E-state index is 13.4. The topological polar surface area (TPSA) is 180 Å². The number of benzene rings is 1. The average Bonchev–Trinajstić information content (AvgIpc) is 3.69. The lowest BCUT2D eigenvalue weighted by molar-refractivity contribution is -0.384. The number of thioether (sulfide) groups is 1. The molecule has 5 atom stereocenters. The van der Waals surface area contributed by atoms with Crippen molar-refractivity contribution in [2.75, 3.05) is 31.1 Å². The molecule has 43 heavy (non-hydrogen) atoms. The Morgan fingerprint density at radius 2 is 2.07 bits per heavy atom. The van der Waals surface area contributed by atoms with Gasteiger partial charge in [0.15, 0.2) is 5.69 Å². The van der Waals surface area contributed by atoms with E-state index in [4.69, 9.17) is 9.15 Å². The molecule has 1 aromatic carbocycles. The Morgan fingerprint density at radius 3 is 2.72 bits per heavy atom. The molecule has 3 fully saturated rings. The predicted octanol–water partition coefficient (Wildman–Crippen LogP) is 1.41. The van der Waals surface area contributed by atoms with Gasteiger partial charge in [-0.15, -0.1) is 11.8 Å². The highest BCUT2D eigenvalue weighted by atomic mass is 32.2. The second kappa shape index (κ2) is 11.6. The Kier molecular flexibility index (Phi) is 7.87. The summed E-state index contributed by atoms with van der Waals surface area (Å²) >= 11 is 1.49. The van der Waals surface area contributed by atoms with Gasteiger partial charge in [0.05, 0.1) is 23.0 Å². The van der Waals surface area contributed by atoms with Crippen molar-refractivity contribution in [3.05, 3.63) is 62.5 Å². The Morgan fingerprint density at radius 1 is 1.33 bits per heavy atom. The minimum atomic E-state index is -0.863. The number of amides is 2. The molecule has 2 aromatic rings. The van der Waals surface area contributed by atoms with Gasteiger partial charge in [0.1, 0.15) is 18.6 Å². The molecule has 15 heteroatoms. The van der Waals surface area contributed by atoms with Crippen LogP contribution in [-0.2, 0) is 20.9 Å². The average molecular weight is 613 g/mol. The van der Waals surface area contributed by atoms with E-state index in [-0.39, 0.29) is 58.8 Å². The molecule has 5 heterocycles. The van der Waals surface area contributed by atoms with E-state index in [0.29, 0.717) is 24.7 Å². The number of hydrogen-bond donors (Lipinski definition) is 3. The number of nitrogens with zero attached hydrogens (tertiary/aromatic N) is 4. The molecule has 0 aliphatic carbocycles. The van der Waals surface area contributed by atoms with Gasteiger partial charge in [-0.05, 0) is 37.6 Å². The van der Waals surface area contributed by atoms with Gasteiger partial charge in [0, 0.05) is 53.9 Å². The molecule has 0 radical (unpaired) electrons. The quantitative estimate of drug-likeness (QED) is 0.152. The molecule has 0 spiro atoms. The van der Waals surface area contributed by atoms with E-state index in [9.17, 15) is 29.6 Å². The molecule has 228 valence electrons. The molecule has 0 saturated carbocycles. The monoisotopic (exact) mass is 612 g/mol. The van der Waals surface area contributed by atoms with E-state index in [1.165, 1.54) is 47.2 Å². The largest absolute Gasteiger partial charge is 0.456 e. The maximum Gasteiger partial charge on any atom is 0.356 e. The van der Waals surface area contributed by atoms with Crippen molar-refractivity contribution in [2.45, 2.75) is 50.3 Å². The third kappa shape index (κ3) is 5.47. The zero-order valence-electron chi connectivity index (χ0n) is 23.6. The fraction of sp³-hybridized carbons (Fsp3) is 0.500. The molecule has 3 N–H and O–H groups in total. The number of nitro benzene ring substituents is 1. The van der Waals surface area contributed by atoms with Gasteiger partial charge in [-0.2, -0.15) is 4.98 Å². The predicted molar refractivity (Wildman–Crippen MR) is 154 cm³/mol. The lowest BCUT2D eigenvalue weighted by Crippen LogP contribution is -2.63. The van der Waals surface area contributed by atoms with Crippen molar-refractivity contribution in [1.82, 2.24) is 20.5 Å². The number of fused-ring (bicyclic) bond motifs is 1. The molecule has 4 aliphatic heterocycles. The normalized spacial score (nSPS) is 25.7. The lowest BCUT2D eigenvalue weighted by atomic mass is 9.79. The summed E-state index contributed by atoms with van der Waals surface area (Å²) in [5, 5.41) is 27.4. The zero-order valence-corrected chi connectivity index (χ0v) is 24.4. The number of aliphatic hydroxyl groups excluding tert-OH is 1. The van der Waals surface area contributed by atoms with E-state index >= 15 is 0 Å². The Hall–Kier alpha value is -3.95. The van der Waals surface area contributed by atoms with Gasteiger partial charge in [-0.25, -0.2) is 4.79 Å². The van der Waals surface area contributed by atoms with Crippen LogP contribution < -0.4 is 15.5 Å². The summed E-state index contributed by atoms with van der Waals surface area (Å²) in [5.74, 6) is -2.07. The van der Waals surface area contributed by atoms with Crippen molar-refractivity contribution < 1.29 is 33.6 Å². The van der Waals surface area contributed by atoms with Gasteiger partial charge < -0.3 is 34.7 Å². The van der Waals surface area contributed by atoms with Crippen molar-refractivity contribution in [2.24, 2.45) is 11.8 Å². The number of ether oxygens (including phenoxy) is 1. The van der Waals surface area contributed by atoms with Gasteiger partial charge in [-0.3, -0.25) is 19.7 Å². The number of anilines is 1. The first kappa shape index (κ1) is 29.1. The Bertz CT molecular complexity index is 1460. The summed E-state index contributed by atoms with van der Waals surface area (Å²) < 4.78 is 11.1. The number of oxazole rings is 1. The van der Waals surface area contributed by atoms with Crippen LogP contribution in [0.25, 0.3) is 0 Å². The van der Waals surface area contributed by atoms with E-state index < -0.39 is 22.9 Å². The number of nitrogens with one attached hydrogen (secondary N) is 2.